The van der Waals surface area contributed by atoms with Crippen LogP contribution in [0.15, 0.2) is 36.4 Å². The molecule has 1 heterocycles. The Hall–Kier alpha value is -2.44. The molecule has 0 atom stereocenters. The first-order valence-corrected chi connectivity index (χ1v) is 12.5. The second-order valence-corrected chi connectivity index (χ2v) is 9.11. The number of hydrogen-bond donors (Lipinski definition) is 0. The van der Waals surface area contributed by atoms with E-state index in [0.29, 0.717) is 12.1 Å². The van der Waals surface area contributed by atoms with Crippen LogP contribution in [0.3, 0.4) is 0 Å². The van der Waals surface area contributed by atoms with Gasteiger partial charge in [0.15, 0.2) is 5.13 Å². The molecule has 6 heteroatoms. The van der Waals surface area contributed by atoms with Crippen molar-refractivity contribution >= 4 is 38.3 Å². The van der Waals surface area contributed by atoms with Crippen molar-refractivity contribution in [3.8, 4) is 0 Å². The Labute approximate surface area is 196 Å². The third-order valence-corrected chi connectivity index (χ3v) is 7.29. The number of hydrogen-bond acceptors (Lipinski definition) is 5. The number of carbonyl (C=O) groups excluding carboxylic acids is 1. The van der Waals surface area contributed by atoms with E-state index in [9.17, 15) is 4.79 Å². The van der Waals surface area contributed by atoms with Gasteiger partial charge in [-0.25, -0.2) is 4.98 Å². The largest absolute Gasteiger partial charge is 0.372 e. The summed E-state index contributed by atoms with van der Waals surface area (Å²) in [6.45, 7) is 18.1. The summed E-state index contributed by atoms with van der Waals surface area (Å²) in [6.07, 6.45) is 0. The first kappa shape index (κ1) is 24.2. The van der Waals surface area contributed by atoms with Crippen molar-refractivity contribution < 1.29 is 4.79 Å². The van der Waals surface area contributed by atoms with Gasteiger partial charge in [-0.05, 0) is 82.2 Å². The number of rotatable bonds is 10. The molecule has 0 radical (unpaired) electrons. The minimum absolute atomic E-state index is 0.0108. The van der Waals surface area contributed by atoms with E-state index in [-0.39, 0.29) is 5.91 Å². The molecule has 2 aromatic carbocycles. The molecular formula is C26H36N4OS. The second kappa shape index (κ2) is 10.9. The molecule has 0 aliphatic carbocycles. The molecule has 1 amide bonds. The third-order valence-electron chi connectivity index (χ3n) is 6.06. The van der Waals surface area contributed by atoms with Gasteiger partial charge in [0.2, 0.25) is 0 Å². The van der Waals surface area contributed by atoms with Gasteiger partial charge < -0.3 is 9.80 Å². The number of aromatic nitrogens is 1. The summed E-state index contributed by atoms with van der Waals surface area (Å²) in [4.78, 5) is 25.0. The molecule has 0 saturated heterocycles. The molecule has 0 fully saturated rings. The topological polar surface area (TPSA) is 39.7 Å². The van der Waals surface area contributed by atoms with Crippen LogP contribution in [0.5, 0.6) is 0 Å². The summed E-state index contributed by atoms with van der Waals surface area (Å²) in [5.41, 5.74) is 5.23. The van der Waals surface area contributed by atoms with Crippen LogP contribution in [0.25, 0.3) is 10.2 Å². The molecule has 3 rings (SSSR count). The maximum atomic E-state index is 13.6. The van der Waals surface area contributed by atoms with Crippen molar-refractivity contribution in [1.82, 2.24) is 9.88 Å². The van der Waals surface area contributed by atoms with E-state index in [2.05, 4.69) is 75.6 Å². The van der Waals surface area contributed by atoms with Gasteiger partial charge in [0.1, 0.15) is 0 Å². The predicted octanol–water partition coefficient (Wildman–Crippen LogP) is 5.75. The van der Waals surface area contributed by atoms with Gasteiger partial charge in [-0.3, -0.25) is 9.69 Å². The van der Waals surface area contributed by atoms with Gasteiger partial charge in [-0.15, -0.1) is 0 Å². The molecule has 172 valence electrons. The molecule has 32 heavy (non-hydrogen) atoms. The second-order valence-electron chi connectivity index (χ2n) is 8.13. The lowest BCUT2D eigenvalue weighted by molar-refractivity contribution is 0.0984. The van der Waals surface area contributed by atoms with Gasteiger partial charge in [0.05, 0.1) is 10.2 Å². The number of nitrogens with zero attached hydrogens (tertiary/aromatic N) is 4. The van der Waals surface area contributed by atoms with Crippen molar-refractivity contribution in [3.05, 3.63) is 53.1 Å². The standard InChI is InChI=1S/C26H36N4OS/c1-7-28(8-2)15-16-30(26-27-23-18-19(5)17-20(6)24(23)32-26)25(31)21-11-13-22(14-12-21)29(9-3)10-4/h11-14,17-18H,7-10,15-16H2,1-6H3. The fourth-order valence-corrected chi connectivity index (χ4v) is 5.15. The molecule has 5 nitrogen and oxygen atoms in total. The van der Waals surface area contributed by atoms with Gasteiger partial charge in [-0.1, -0.05) is 31.3 Å². The molecule has 0 aliphatic rings. The number of carbonyl (C=O) groups is 1. The van der Waals surface area contributed by atoms with Gasteiger partial charge in [-0.2, -0.15) is 0 Å². The number of aryl methyl sites for hydroxylation is 2. The molecule has 0 N–H and O–H groups in total. The van der Waals surface area contributed by atoms with E-state index in [0.717, 1.165) is 53.8 Å². The van der Waals surface area contributed by atoms with E-state index in [1.807, 2.05) is 17.0 Å². The number of thiazole rings is 1. The Balaban J connectivity index is 1.95. The highest BCUT2D eigenvalue weighted by atomic mass is 32.1. The zero-order valence-corrected chi connectivity index (χ0v) is 21.1. The van der Waals surface area contributed by atoms with Crippen molar-refractivity contribution in [2.24, 2.45) is 0 Å². The molecule has 0 unspecified atom stereocenters. The fourth-order valence-electron chi connectivity index (χ4n) is 4.11. The summed E-state index contributed by atoms with van der Waals surface area (Å²) in [5.74, 6) is 0.0108. The number of amides is 1. The summed E-state index contributed by atoms with van der Waals surface area (Å²) >= 11 is 1.61. The first-order chi connectivity index (χ1) is 15.4. The molecular weight excluding hydrogens is 416 g/mol. The minimum Gasteiger partial charge on any atom is -0.372 e. The molecule has 3 aromatic rings. The van der Waals surface area contributed by atoms with Crippen LogP contribution in [0.4, 0.5) is 10.8 Å². The number of likely N-dealkylation sites (N-methyl/N-ethyl adjacent to an activating group) is 1. The van der Waals surface area contributed by atoms with E-state index in [1.54, 1.807) is 11.3 Å². The normalized spacial score (nSPS) is 11.3. The summed E-state index contributed by atoms with van der Waals surface area (Å²) in [7, 11) is 0. The van der Waals surface area contributed by atoms with Gasteiger partial charge in [0.25, 0.3) is 5.91 Å². The Bertz CT molecular complexity index is 1040. The lowest BCUT2D eigenvalue weighted by atomic mass is 10.1. The van der Waals surface area contributed by atoms with Crippen LogP contribution in [0.2, 0.25) is 0 Å². The highest BCUT2D eigenvalue weighted by Gasteiger charge is 2.22. The maximum Gasteiger partial charge on any atom is 0.260 e. The molecule has 0 spiro atoms. The summed E-state index contributed by atoms with van der Waals surface area (Å²) in [6, 6.07) is 12.3. The third kappa shape index (κ3) is 5.30. The lowest BCUT2D eigenvalue weighted by Crippen LogP contribution is -2.38. The molecule has 0 saturated carbocycles. The highest BCUT2D eigenvalue weighted by molar-refractivity contribution is 7.22. The Morgan fingerprint density at radius 1 is 0.906 bits per heavy atom. The van der Waals surface area contributed by atoms with E-state index in [1.165, 1.54) is 11.1 Å². The van der Waals surface area contributed by atoms with Crippen LogP contribution in [-0.2, 0) is 0 Å². The zero-order valence-electron chi connectivity index (χ0n) is 20.3. The van der Waals surface area contributed by atoms with Crippen molar-refractivity contribution in [1.29, 1.82) is 0 Å². The lowest BCUT2D eigenvalue weighted by Gasteiger charge is -2.25. The van der Waals surface area contributed by atoms with Gasteiger partial charge in [0, 0.05) is 37.4 Å². The predicted molar refractivity (Wildman–Crippen MR) is 139 cm³/mol. The SMILES string of the molecule is CCN(CC)CCN(C(=O)c1ccc(N(CC)CC)cc1)c1nc2cc(C)cc(C)c2s1. The van der Waals surface area contributed by atoms with Crippen LogP contribution in [0.1, 0.15) is 49.2 Å². The van der Waals surface area contributed by atoms with Crippen LogP contribution < -0.4 is 9.80 Å². The van der Waals surface area contributed by atoms with Crippen LogP contribution in [-0.4, -0.2) is 55.1 Å². The highest BCUT2D eigenvalue weighted by Crippen LogP contribution is 2.33. The number of anilines is 2. The monoisotopic (exact) mass is 452 g/mol. The van der Waals surface area contributed by atoms with Gasteiger partial charge >= 0.3 is 0 Å². The molecule has 1 aromatic heterocycles. The Morgan fingerprint density at radius 2 is 1.56 bits per heavy atom. The van der Waals surface area contributed by atoms with Crippen LogP contribution >= 0.6 is 11.3 Å². The average Bonchev–Trinajstić information content (AvgIpc) is 3.22. The van der Waals surface area contributed by atoms with E-state index >= 15 is 0 Å². The quantitative estimate of drug-likeness (QED) is 0.393. The average molecular weight is 453 g/mol. The Kier molecular flexibility index (Phi) is 8.26. The first-order valence-electron chi connectivity index (χ1n) is 11.7. The smallest absolute Gasteiger partial charge is 0.260 e. The molecule has 0 bridgehead atoms. The van der Waals surface area contributed by atoms with E-state index < -0.39 is 0 Å². The Morgan fingerprint density at radius 3 is 2.16 bits per heavy atom. The van der Waals surface area contributed by atoms with Crippen LogP contribution in [0, 0.1) is 13.8 Å². The number of fused-ring (bicyclic) bond motifs is 1. The van der Waals surface area contributed by atoms with E-state index in [4.69, 9.17) is 4.98 Å². The summed E-state index contributed by atoms with van der Waals surface area (Å²) < 4.78 is 1.16. The number of benzene rings is 2. The zero-order chi connectivity index (χ0) is 23.3. The van der Waals surface area contributed by atoms with Crippen molar-refractivity contribution in [3.63, 3.8) is 0 Å². The van der Waals surface area contributed by atoms with Crippen molar-refractivity contribution in [2.75, 3.05) is 49.1 Å². The summed E-state index contributed by atoms with van der Waals surface area (Å²) in [5, 5.41) is 0.777. The van der Waals surface area contributed by atoms with Crippen molar-refractivity contribution in [2.45, 2.75) is 41.5 Å². The fraction of sp³-hybridized carbons (Fsp3) is 0.462. The maximum absolute atomic E-state index is 13.6. The minimum atomic E-state index is 0.0108. The molecule has 0 aliphatic heterocycles.